The van der Waals surface area contributed by atoms with Crippen molar-refractivity contribution in [2.75, 3.05) is 13.2 Å². The minimum atomic E-state index is -0.847. The Morgan fingerprint density at radius 3 is 3.05 bits per heavy atom. The number of ether oxygens (including phenoxy) is 1. The van der Waals surface area contributed by atoms with Gasteiger partial charge in [0.1, 0.15) is 4.88 Å². The van der Waals surface area contributed by atoms with E-state index >= 15 is 0 Å². The Morgan fingerprint density at radius 2 is 2.30 bits per heavy atom. The minimum Gasteiger partial charge on any atom is -0.477 e. The van der Waals surface area contributed by atoms with E-state index in [-0.39, 0.29) is 6.10 Å². The SMILES string of the molecule is O=C(O)c1sc2ccccc2c1CNCC1CCCO1. The number of aromatic carboxylic acids is 1. The Hall–Kier alpha value is -1.43. The molecule has 1 saturated heterocycles. The molecule has 1 fully saturated rings. The summed E-state index contributed by atoms with van der Waals surface area (Å²) in [5.74, 6) is -0.847. The highest BCUT2D eigenvalue weighted by Gasteiger charge is 2.19. The first-order valence-electron chi connectivity index (χ1n) is 6.81. The van der Waals surface area contributed by atoms with E-state index in [9.17, 15) is 9.90 Å². The van der Waals surface area contributed by atoms with Gasteiger partial charge in [0.2, 0.25) is 0 Å². The van der Waals surface area contributed by atoms with Crippen LogP contribution in [0, 0.1) is 0 Å². The molecule has 1 aliphatic rings. The summed E-state index contributed by atoms with van der Waals surface area (Å²) in [5, 5.41) is 13.7. The summed E-state index contributed by atoms with van der Waals surface area (Å²) in [5.41, 5.74) is 0.885. The fourth-order valence-electron chi connectivity index (χ4n) is 2.61. The topological polar surface area (TPSA) is 58.6 Å². The standard InChI is InChI=1S/C15H17NO3S/c17-15(18)14-12(9-16-8-10-4-3-7-19-10)11-5-1-2-6-13(11)20-14/h1-2,5-6,10,16H,3-4,7-9H2,(H,17,18). The summed E-state index contributed by atoms with van der Waals surface area (Å²) in [6.07, 6.45) is 2.48. The fourth-order valence-corrected chi connectivity index (χ4v) is 3.67. The quantitative estimate of drug-likeness (QED) is 0.889. The molecule has 20 heavy (non-hydrogen) atoms. The number of carboxylic acids is 1. The number of hydrogen-bond acceptors (Lipinski definition) is 4. The molecule has 5 heteroatoms. The lowest BCUT2D eigenvalue weighted by molar-refractivity contribution is 0.0701. The molecule has 1 aromatic heterocycles. The predicted molar refractivity (Wildman–Crippen MR) is 79.5 cm³/mol. The second kappa shape index (κ2) is 5.91. The van der Waals surface area contributed by atoms with Crippen molar-refractivity contribution in [1.82, 2.24) is 5.32 Å². The lowest BCUT2D eigenvalue weighted by atomic mass is 10.1. The molecule has 0 bridgehead atoms. The molecule has 3 rings (SSSR count). The first-order chi connectivity index (χ1) is 9.75. The molecule has 1 aliphatic heterocycles. The molecule has 0 saturated carbocycles. The molecule has 106 valence electrons. The Balaban J connectivity index is 1.78. The van der Waals surface area contributed by atoms with E-state index in [1.54, 1.807) is 0 Å². The van der Waals surface area contributed by atoms with Crippen LogP contribution in [0.3, 0.4) is 0 Å². The second-order valence-electron chi connectivity index (χ2n) is 4.98. The van der Waals surface area contributed by atoms with Crippen LogP contribution < -0.4 is 5.32 Å². The predicted octanol–water partition coefficient (Wildman–Crippen LogP) is 2.87. The van der Waals surface area contributed by atoms with Crippen LogP contribution in [0.1, 0.15) is 28.1 Å². The van der Waals surface area contributed by atoms with Gasteiger partial charge in [0.25, 0.3) is 0 Å². The lowest BCUT2D eigenvalue weighted by Crippen LogP contribution is -2.26. The van der Waals surface area contributed by atoms with Gasteiger partial charge in [0, 0.05) is 24.4 Å². The van der Waals surface area contributed by atoms with Crippen molar-refractivity contribution in [2.45, 2.75) is 25.5 Å². The average molecular weight is 291 g/mol. The number of fused-ring (bicyclic) bond motifs is 1. The van der Waals surface area contributed by atoms with Gasteiger partial charge >= 0.3 is 5.97 Å². The van der Waals surface area contributed by atoms with Crippen LogP contribution in [0.15, 0.2) is 24.3 Å². The highest BCUT2D eigenvalue weighted by molar-refractivity contribution is 7.21. The maximum absolute atomic E-state index is 11.4. The van der Waals surface area contributed by atoms with Crippen LogP contribution in [0.4, 0.5) is 0 Å². The van der Waals surface area contributed by atoms with Gasteiger partial charge in [-0.1, -0.05) is 18.2 Å². The molecule has 1 aromatic carbocycles. The van der Waals surface area contributed by atoms with Gasteiger partial charge in [-0.15, -0.1) is 11.3 Å². The zero-order valence-electron chi connectivity index (χ0n) is 11.1. The lowest BCUT2D eigenvalue weighted by Gasteiger charge is -2.10. The van der Waals surface area contributed by atoms with Crippen molar-refractivity contribution in [3.05, 3.63) is 34.7 Å². The second-order valence-corrected chi connectivity index (χ2v) is 6.03. The average Bonchev–Trinajstić information content (AvgIpc) is 3.07. The molecular weight excluding hydrogens is 274 g/mol. The summed E-state index contributed by atoms with van der Waals surface area (Å²) >= 11 is 1.34. The number of rotatable bonds is 5. The maximum Gasteiger partial charge on any atom is 0.346 e. The van der Waals surface area contributed by atoms with Crippen LogP contribution in [-0.4, -0.2) is 30.3 Å². The van der Waals surface area contributed by atoms with Crippen LogP contribution in [-0.2, 0) is 11.3 Å². The van der Waals surface area contributed by atoms with E-state index in [0.717, 1.165) is 41.6 Å². The van der Waals surface area contributed by atoms with Crippen LogP contribution >= 0.6 is 11.3 Å². The van der Waals surface area contributed by atoms with Gasteiger partial charge in [-0.3, -0.25) is 0 Å². The zero-order chi connectivity index (χ0) is 13.9. The van der Waals surface area contributed by atoms with Gasteiger partial charge in [0.15, 0.2) is 0 Å². The first kappa shape index (κ1) is 13.5. The van der Waals surface area contributed by atoms with E-state index in [1.807, 2.05) is 24.3 Å². The molecule has 0 aliphatic carbocycles. The third-order valence-corrected chi connectivity index (χ3v) is 4.79. The number of benzene rings is 1. The number of thiophene rings is 1. The molecule has 1 unspecified atom stereocenters. The summed E-state index contributed by atoms with van der Waals surface area (Å²) in [6, 6.07) is 7.84. The molecule has 2 aromatic rings. The number of hydrogen-bond donors (Lipinski definition) is 2. The summed E-state index contributed by atoms with van der Waals surface area (Å²) in [4.78, 5) is 11.8. The Labute approximate surface area is 121 Å². The van der Waals surface area contributed by atoms with Crippen LogP contribution in [0.25, 0.3) is 10.1 Å². The van der Waals surface area contributed by atoms with Crippen molar-refractivity contribution >= 4 is 27.4 Å². The summed E-state index contributed by atoms with van der Waals surface area (Å²) < 4.78 is 6.59. The van der Waals surface area contributed by atoms with Crippen LogP contribution in [0.5, 0.6) is 0 Å². The monoisotopic (exact) mass is 291 g/mol. The normalized spacial score (nSPS) is 18.7. The molecular formula is C15H17NO3S. The third kappa shape index (κ3) is 2.70. The Bertz CT molecular complexity index is 617. The van der Waals surface area contributed by atoms with Gasteiger partial charge < -0.3 is 15.2 Å². The third-order valence-electron chi connectivity index (χ3n) is 3.59. The molecule has 1 atom stereocenters. The molecule has 2 N–H and O–H groups in total. The highest BCUT2D eigenvalue weighted by Crippen LogP contribution is 2.31. The summed E-state index contributed by atoms with van der Waals surface area (Å²) in [7, 11) is 0. The first-order valence-corrected chi connectivity index (χ1v) is 7.63. The molecule has 2 heterocycles. The fraction of sp³-hybridized carbons (Fsp3) is 0.400. The zero-order valence-corrected chi connectivity index (χ0v) is 11.9. The van der Waals surface area contributed by atoms with Gasteiger partial charge in [-0.25, -0.2) is 4.79 Å². The summed E-state index contributed by atoms with van der Waals surface area (Å²) in [6.45, 7) is 2.20. The minimum absolute atomic E-state index is 0.271. The van der Waals surface area contributed by atoms with E-state index in [2.05, 4.69) is 5.32 Å². The molecule has 0 amide bonds. The smallest absolute Gasteiger partial charge is 0.346 e. The van der Waals surface area contributed by atoms with Gasteiger partial charge in [-0.05, 0) is 29.9 Å². The van der Waals surface area contributed by atoms with Gasteiger partial charge in [-0.2, -0.15) is 0 Å². The number of nitrogens with one attached hydrogen (secondary N) is 1. The highest BCUT2D eigenvalue weighted by atomic mass is 32.1. The Morgan fingerprint density at radius 1 is 1.45 bits per heavy atom. The molecule has 4 nitrogen and oxygen atoms in total. The number of carboxylic acid groups (broad SMARTS) is 1. The van der Waals surface area contributed by atoms with E-state index < -0.39 is 5.97 Å². The number of carbonyl (C=O) groups is 1. The van der Waals surface area contributed by atoms with E-state index in [1.165, 1.54) is 11.3 Å². The maximum atomic E-state index is 11.4. The van der Waals surface area contributed by atoms with Crippen molar-refractivity contribution in [3.63, 3.8) is 0 Å². The van der Waals surface area contributed by atoms with E-state index in [0.29, 0.717) is 11.4 Å². The van der Waals surface area contributed by atoms with Crippen molar-refractivity contribution in [1.29, 1.82) is 0 Å². The van der Waals surface area contributed by atoms with Crippen molar-refractivity contribution in [2.24, 2.45) is 0 Å². The van der Waals surface area contributed by atoms with Gasteiger partial charge in [0.05, 0.1) is 6.10 Å². The Kier molecular flexibility index (Phi) is 4.00. The van der Waals surface area contributed by atoms with Crippen molar-refractivity contribution in [3.8, 4) is 0 Å². The van der Waals surface area contributed by atoms with Crippen molar-refractivity contribution < 1.29 is 14.6 Å². The van der Waals surface area contributed by atoms with E-state index in [4.69, 9.17) is 4.74 Å². The largest absolute Gasteiger partial charge is 0.477 e. The molecule has 0 radical (unpaired) electrons. The van der Waals surface area contributed by atoms with Crippen LogP contribution in [0.2, 0.25) is 0 Å². The molecule has 0 spiro atoms.